The summed E-state index contributed by atoms with van der Waals surface area (Å²) in [5, 5.41) is 16.7. The highest BCUT2D eigenvalue weighted by molar-refractivity contribution is 5.90. The van der Waals surface area contributed by atoms with Crippen molar-refractivity contribution in [2.75, 3.05) is 19.6 Å². The lowest BCUT2D eigenvalue weighted by atomic mass is 9.92. The second-order valence-electron chi connectivity index (χ2n) is 7.46. The fourth-order valence-corrected chi connectivity index (χ4v) is 2.93. The summed E-state index contributed by atoms with van der Waals surface area (Å²) in [7, 11) is 0. The zero-order valence-electron chi connectivity index (χ0n) is 14.5. The molecule has 1 saturated heterocycles. The van der Waals surface area contributed by atoms with Gasteiger partial charge in [-0.25, -0.2) is 4.98 Å². The molecule has 3 N–H and O–H groups in total. The predicted molar refractivity (Wildman–Crippen MR) is 89.4 cm³/mol. The summed E-state index contributed by atoms with van der Waals surface area (Å²) < 4.78 is 0. The van der Waals surface area contributed by atoms with Gasteiger partial charge in [0.15, 0.2) is 0 Å². The number of H-pyrrole nitrogens is 2. The zero-order valence-corrected chi connectivity index (χ0v) is 14.5. The van der Waals surface area contributed by atoms with Crippen LogP contribution >= 0.6 is 0 Å². The van der Waals surface area contributed by atoms with Crippen molar-refractivity contribution in [2.24, 2.45) is 5.92 Å². The Morgan fingerprint density at radius 1 is 1.42 bits per heavy atom. The van der Waals surface area contributed by atoms with E-state index in [1.165, 1.54) is 6.33 Å². The minimum absolute atomic E-state index is 0.0628. The summed E-state index contributed by atoms with van der Waals surface area (Å²) in [6, 6.07) is 2.15. The van der Waals surface area contributed by atoms with E-state index in [2.05, 4.69) is 62.4 Å². The molecular formula is C16H25N7O. The van der Waals surface area contributed by atoms with Gasteiger partial charge in [0.1, 0.15) is 6.33 Å². The molecule has 8 heteroatoms. The maximum atomic E-state index is 11.9. The molecule has 1 atom stereocenters. The number of hydrogen-bond acceptors (Lipinski definition) is 5. The Kier molecular flexibility index (Phi) is 4.66. The van der Waals surface area contributed by atoms with Crippen molar-refractivity contribution in [1.29, 1.82) is 0 Å². The molecule has 2 aromatic heterocycles. The number of rotatable bonds is 5. The molecule has 0 spiro atoms. The van der Waals surface area contributed by atoms with Gasteiger partial charge in [0, 0.05) is 30.7 Å². The summed E-state index contributed by atoms with van der Waals surface area (Å²) in [6.07, 6.45) is 2.42. The molecule has 0 aromatic carbocycles. The lowest BCUT2D eigenvalue weighted by Crippen LogP contribution is -2.31. The fraction of sp³-hybridized carbons (Fsp3) is 0.625. The van der Waals surface area contributed by atoms with Crippen molar-refractivity contribution in [1.82, 2.24) is 35.6 Å². The molecule has 1 fully saturated rings. The number of aromatic nitrogens is 5. The number of hydrogen-bond donors (Lipinski definition) is 3. The number of aromatic amines is 2. The van der Waals surface area contributed by atoms with E-state index in [9.17, 15) is 4.79 Å². The number of carbonyl (C=O) groups excluding carboxylic acids is 1. The predicted octanol–water partition coefficient (Wildman–Crippen LogP) is 1.08. The van der Waals surface area contributed by atoms with Crippen LogP contribution in [-0.4, -0.2) is 55.8 Å². The van der Waals surface area contributed by atoms with Gasteiger partial charge in [-0.3, -0.25) is 19.9 Å². The molecule has 1 amide bonds. The molecule has 0 bridgehead atoms. The monoisotopic (exact) mass is 331 g/mol. The van der Waals surface area contributed by atoms with Gasteiger partial charge in [0.05, 0.1) is 5.69 Å². The average molecular weight is 331 g/mol. The zero-order chi connectivity index (χ0) is 17.2. The van der Waals surface area contributed by atoms with Crippen molar-refractivity contribution in [3.05, 3.63) is 29.6 Å². The smallest absolute Gasteiger partial charge is 0.288 e. The van der Waals surface area contributed by atoms with Crippen LogP contribution in [0.1, 0.15) is 49.2 Å². The van der Waals surface area contributed by atoms with Crippen molar-refractivity contribution in [3.63, 3.8) is 0 Å². The second kappa shape index (κ2) is 6.72. The van der Waals surface area contributed by atoms with Gasteiger partial charge in [-0.1, -0.05) is 20.8 Å². The van der Waals surface area contributed by atoms with Crippen molar-refractivity contribution >= 4 is 5.91 Å². The van der Waals surface area contributed by atoms with Crippen LogP contribution in [0.15, 0.2) is 12.4 Å². The van der Waals surface area contributed by atoms with Gasteiger partial charge >= 0.3 is 0 Å². The summed E-state index contributed by atoms with van der Waals surface area (Å²) in [6.45, 7) is 10.0. The molecule has 1 aliphatic heterocycles. The number of nitrogens with zero attached hydrogens (tertiary/aromatic N) is 4. The number of likely N-dealkylation sites (tertiary alicyclic amines) is 1. The lowest BCUT2D eigenvalue weighted by molar-refractivity contribution is 0.0937. The summed E-state index contributed by atoms with van der Waals surface area (Å²) in [5.74, 6) is 0.522. The molecule has 3 rings (SSSR count). The summed E-state index contributed by atoms with van der Waals surface area (Å²) >= 11 is 0. The van der Waals surface area contributed by atoms with Crippen LogP contribution in [0.5, 0.6) is 0 Å². The number of amides is 1. The molecule has 24 heavy (non-hydrogen) atoms. The quantitative estimate of drug-likeness (QED) is 0.761. The molecular weight excluding hydrogens is 306 g/mol. The van der Waals surface area contributed by atoms with Crippen LogP contribution in [0.2, 0.25) is 0 Å². The first kappa shape index (κ1) is 16.6. The maximum Gasteiger partial charge on any atom is 0.288 e. The Labute approximate surface area is 141 Å². The first-order chi connectivity index (χ1) is 11.4. The molecule has 3 heterocycles. The fourth-order valence-electron chi connectivity index (χ4n) is 2.93. The topological polar surface area (TPSA) is 103 Å². The van der Waals surface area contributed by atoms with Gasteiger partial charge in [-0.15, -0.1) is 0 Å². The standard InChI is InChI=1S/C16H25N7O/c1-16(2,3)13-6-12(20-21-13)9-23-5-4-11(8-23)7-17-15(24)14-18-10-19-22-14/h6,10-11H,4-5,7-9H2,1-3H3,(H,17,24)(H,20,21)(H,18,19,22)/t11-/m0/s1. The molecule has 0 saturated carbocycles. The van der Waals surface area contributed by atoms with E-state index in [0.717, 1.165) is 37.4 Å². The molecule has 1 aliphatic rings. The Balaban J connectivity index is 1.45. The Morgan fingerprint density at radius 2 is 2.25 bits per heavy atom. The minimum atomic E-state index is -0.200. The minimum Gasteiger partial charge on any atom is -0.349 e. The molecule has 0 aliphatic carbocycles. The van der Waals surface area contributed by atoms with Gasteiger partial charge in [0.2, 0.25) is 5.82 Å². The highest BCUT2D eigenvalue weighted by Gasteiger charge is 2.24. The van der Waals surface area contributed by atoms with Gasteiger partial charge < -0.3 is 5.32 Å². The molecule has 8 nitrogen and oxygen atoms in total. The van der Waals surface area contributed by atoms with Crippen LogP contribution < -0.4 is 5.32 Å². The molecule has 2 aromatic rings. The van der Waals surface area contributed by atoms with E-state index in [1.807, 2.05) is 0 Å². The van der Waals surface area contributed by atoms with Gasteiger partial charge in [-0.05, 0) is 24.9 Å². The maximum absolute atomic E-state index is 11.9. The molecule has 0 radical (unpaired) electrons. The van der Waals surface area contributed by atoms with Crippen LogP contribution in [0.25, 0.3) is 0 Å². The molecule has 130 valence electrons. The second-order valence-corrected chi connectivity index (χ2v) is 7.46. The van der Waals surface area contributed by atoms with E-state index >= 15 is 0 Å². The third-order valence-corrected chi connectivity index (χ3v) is 4.34. The first-order valence-electron chi connectivity index (χ1n) is 8.32. The number of nitrogens with one attached hydrogen (secondary N) is 3. The van der Waals surface area contributed by atoms with Crippen LogP contribution in [0.3, 0.4) is 0 Å². The summed E-state index contributed by atoms with van der Waals surface area (Å²) in [4.78, 5) is 18.1. The highest BCUT2D eigenvalue weighted by Crippen LogP contribution is 2.22. The average Bonchev–Trinajstić information content (AvgIpc) is 3.26. The van der Waals surface area contributed by atoms with Crippen LogP contribution in [0.4, 0.5) is 0 Å². The third kappa shape index (κ3) is 4.00. The normalized spacial score (nSPS) is 18.9. The van der Waals surface area contributed by atoms with Crippen molar-refractivity contribution in [2.45, 2.75) is 39.2 Å². The Morgan fingerprint density at radius 3 is 2.92 bits per heavy atom. The lowest BCUT2D eigenvalue weighted by Gasteiger charge is -2.15. The van der Waals surface area contributed by atoms with Gasteiger partial charge in [0.25, 0.3) is 5.91 Å². The van der Waals surface area contributed by atoms with Crippen molar-refractivity contribution < 1.29 is 4.79 Å². The largest absolute Gasteiger partial charge is 0.349 e. The SMILES string of the molecule is CC(C)(C)c1cc(CN2CC[C@@H](CNC(=O)c3ncn[nH]3)C2)[nH]n1. The summed E-state index contributed by atoms with van der Waals surface area (Å²) in [5.41, 5.74) is 2.30. The van der Waals surface area contributed by atoms with Crippen LogP contribution in [-0.2, 0) is 12.0 Å². The Hall–Kier alpha value is -2.22. The van der Waals surface area contributed by atoms with Crippen LogP contribution in [0, 0.1) is 5.92 Å². The van der Waals surface area contributed by atoms with E-state index in [-0.39, 0.29) is 17.1 Å². The molecule has 0 unspecified atom stereocenters. The number of carbonyl (C=O) groups is 1. The van der Waals surface area contributed by atoms with E-state index in [1.54, 1.807) is 0 Å². The highest BCUT2D eigenvalue weighted by atomic mass is 16.2. The Bertz CT molecular complexity index is 671. The van der Waals surface area contributed by atoms with E-state index in [0.29, 0.717) is 12.5 Å². The van der Waals surface area contributed by atoms with Gasteiger partial charge in [-0.2, -0.15) is 10.2 Å². The van der Waals surface area contributed by atoms with Crippen molar-refractivity contribution in [3.8, 4) is 0 Å². The van der Waals surface area contributed by atoms with E-state index in [4.69, 9.17) is 0 Å². The van der Waals surface area contributed by atoms with E-state index < -0.39 is 0 Å². The third-order valence-electron chi connectivity index (χ3n) is 4.34. The first-order valence-corrected chi connectivity index (χ1v) is 8.32.